The number of carbonyl (C=O) groups is 1. The van der Waals surface area contributed by atoms with Gasteiger partial charge < -0.3 is 9.73 Å². The molecule has 0 unspecified atom stereocenters. The summed E-state index contributed by atoms with van der Waals surface area (Å²) in [5, 5.41) is 6.55. The van der Waals surface area contributed by atoms with Gasteiger partial charge in [-0.2, -0.15) is 0 Å². The number of fused-ring (bicyclic) bond motifs is 2. The van der Waals surface area contributed by atoms with E-state index >= 15 is 0 Å². The Morgan fingerprint density at radius 3 is 2.65 bits per heavy atom. The van der Waals surface area contributed by atoms with Crippen LogP contribution in [0, 0.1) is 0 Å². The molecular weight excluding hydrogens is 414 g/mol. The lowest BCUT2D eigenvalue weighted by molar-refractivity contribution is -0.116. The van der Waals surface area contributed by atoms with Gasteiger partial charge in [0, 0.05) is 11.1 Å². The van der Waals surface area contributed by atoms with Crippen molar-refractivity contribution in [1.29, 1.82) is 0 Å². The van der Waals surface area contributed by atoms with Crippen LogP contribution < -0.4 is 16.6 Å². The zero-order chi connectivity index (χ0) is 21.4. The largest absolute Gasteiger partial charge is 0.467 e. The molecule has 0 aliphatic rings. The van der Waals surface area contributed by atoms with Crippen molar-refractivity contribution in [2.24, 2.45) is 0 Å². The number of nitrogens with zero attached hydrogens (tertiary/aromatic N) is 2. The van der Waals surface area contributed by atoms with Gasteiger partial charge >= 0.3 is 5.69 Å². The van der Waals surface area contributed by atoms with Crippen LogP contribution in [0.4, 0.5) is 5.69 Å². The van der Waals surface area contributed by atoms with Crippen molar-refractivity contribution < 1.29 is 9.21 Å². The van der Waals surface area contributed by atoms with Crippen molar-refractivity contribution >= 4 is 43.9 Å². The molecule has 0 radical (unpaired) electrons. The van der Waals surface area contributed by atoms with Gasteiger partial charge in [-0.25, -0.2) is 4.79 Å². The SMILES string of the molecule is O=C(Cn1c(=O)n(Cc2ccco2)c(=O)c2sccc21)Nc1cccc2ccccc12. The van der Waals surface area contributed by atoms with Crippen molar-refractivity contribution in [2.45, 2.75) is 13.1 Å². The number of rotatable bonds is 5. The molecule has 0 saturated heterocycles. The van der Waals surface area contributed by atoms with Crippen LogP contribution in [0.1, 0.15) is 5.76 Å². The second-order valence-electron chi connectivity index (χ2n) is 7.05. The van der Waals surface area contributed by atoms with Gasteiger partial charge in [0.05, 0.1) is 18.3 Å². The summed E-state index contributed by atoms with van der Waals surface area (Å²) in [6.45, 7) is -0.211. The van der Waals surface area contributed by atoms with Gasteiger partial charge in [0.25, 0.3) is 5.56 Å². The third-order valence-corrected chi connectivity index (χ3v) is 5.99. The lowest BCUT2D eigenvalue weighted by Crippen LogP contribution is -2.41. The number of amides is 1. The molecule has 0 fully saturated rings. The average Bonchev–Trinajstić information content (AvgIpc) is 3.47. The Bertz CT molecular complexity index is 1520. The Hall–Kier alpha value is -3.91. The first-order valence-electron chi connectivity index (χ1n) is 9.62. The Morgan fingerprint density at radius 1 is 0.968 bits per heavy atom. The molecule has 0 bridgehead atoms. The molecule has 1 N–H and O–H groups in total. The smallest absolute Gasteiger partial charge is 0.332 e. The molecular formula is C23H17N3O4S. The van der Waals surface area contributed by atoms with Gasteiger partial charge in [0.2, 0.25) is 5.91 Å². The highest BCUT2D eigenvalue weighted by Crippen LogP contribution is 2.23. The van der Waals surface area contributed by atoms with E-state index in [9.17, 15) is 14.4 Å². The number of aromatic nitrogens is 2. The van der Waals surface area contributed by atoms with E-state index in [1.165, 1.54) is 22.2 Å². The Morgan fingerprint density at radius 2 is 1.81 bits per heavy atom. The van der Waals surface area contributed by atoms with Gasteiger partial charge in [0.1, 0.15) is 17.0 Å². The molecule has 154 valence electrons. The second-order valence-corrected chi connectivity index (χ2v) is 7.97. The number of nitrogens with one attached hydrogen (secondary N) is 1. The summed E-state index contributed by atoms with van der Waals surface area (Å²) in [6.07, 6.45) is 1.49. The van der Waals surface area contributed by atoms with Crippen LogP contribution in [0.5, 0.6) is 0 Å². The maximum Gasteiger partial charge on any atom is 0.332 e. The van der Waals surface area contributed by atoms with E-state index in [0.717, 1.165) is 15.3 Å². The number of benzene rings is 2. The summed E-state index contributed by atoms with van der Waals surface area (Å²) in [7, 11) is 0. The molecule has 0 aliphatic carbocycles. The molecule has 0 spiro atoms. The maximum atomic E-state index is 13.1. The molecule has 31 heavy (non-hydrogen) atoms. The van der Waals surface area contributed by atoms with Crippen LogP contribution in [0.3, 0.4) is 0 Å². The molecule has 5 rings (SSSR count). The van der Waals surface area contributed by atoms with Gasteiger partial charge in [-0.1, -0.05) is 36.4 Å². The van der Waals surface area contributed by atoms with Gasteiger partial charge in [-0.15, -0.1) is 11.3 Å². The Labute approximate surface area is 179 Å². The fourth-order valence-electron chi connectivity index (χ4n) is 3.65. The third-order valence-electron chi connectivity index (χ3n) is 5.10. The Kier molecular flexibility index (Phi) is 4.76. The van der Waals surface area contributed by atoms with Crippen molar-refractivity contribution in [3.8, 4) is 0 Å². The summed E-state index contributed by atoms with van der Waals surface area (Å²) in [5.74, 6) is 0.135. The molecule has 8 heteroatoms. The van der Waals surface area contributed by atoms with E-state index in [1.807, 2.05) is 42.5 Å². The third kappa shape index (κ3) is 3.47. The van der Waals surface area contributed by atoms with Gasteiger partial charge in [0.15, 0.2) is 0 Å². The maximum absolute atomic E-state index is 13.1. The minimum Gasteiger partial charge on any atom is -0.467 e. The van der Waals surface area contributed by atoms with Crippen LogP contribution in [0.2, 0.25) is 0 Å². The van der Waals surface area contributed by atoms with E-state index in [1.54, 1.807) is 23.6 Å². The lowest BCUT2D eigenvalue weighted by Gasteiger charge is -2.13. The monoisotopic (exact) mass is 431 g/mol. The van der Waals surface area contributed by atoms with Crippen molar-refractivity contribution in [2.75, 3.05) is 5.32 Å². The van der Waals surface area contributed by atoms with Crippen LogP contribution >= 0.6 is 11.3 Å². The summed E-state index contributed by atoms with van der Waals surface area (Å²) >= 11 is 1.24. The topological polar surface area (TPSA) is 86.2 Å². The number of carbonyl (C=O) groups excluding carboxylic acids is 1. The predicted molar refractivity (Wildman–Crippen MR) is 121 cm³/mol. The molecule has 2 aromatic carbocycles. The van der Waals surface area contributed by atoms with Crippen LogP contribution in [0.15, 0.2) is 86.3 Å². The van der Waals surface area contributed by atoms with Crippen LogP contribution in [0.25, 0.3) is 21.0 Å². The molecule has 3 aromatic heterocycles. The quantitative estimate of drug-likeness (QED) is 0.460. The van der Waals surface area contributed by atoms with Crippen molar-refractivity contribution in [3.05, 3.63) is 98.9 Å². The second kappa shape index (κ2) is 7.73. The number of furan rings is 1. The first kappa shape index (κ1) is 19.1. The van der Waals surface area contributed by atoms with E-state index in [0.29, 0.717) is 21.7 Å². The fraction of sp³-hybridized carbons (Fsp3) is 0.0870. The minimum absolute atomic E-state index is 0.00342. The molecule has 7 nitrogen and oxygen atoms in total. The summed E-state index contributed by atoms with van der Waals surface area (Å²) in [4.78, 5) is 38.9. The van der Waals surface area contributed by atoms with E-state index < -0.39 is 11.2 Å². The lowest BCUT2D eigenvalue weighted by atomic mass is 10.1. The van der Waals surface area contributed by atoms with E-state index in [2.05, 4.69) is 5.32 Å². The van der Waals surface area contributed by atoms with Crippen molar-refractivity contribution in [3.63, 3.8) is 0 Å². The standard InChI is InChI=1S/C23H17N3O4S/c27-20(24-18-9-3-6-15-5-1-2-8-17(15)18)14-25-19-10-12-31-21(19)22(28)26(23(25)29)13-16-7-4-11-30-16/h1-12H,13-14H2,(H,24,27). The zero-order valence-electron chi connectivity index (χ0n) is 16.3. The molecule has 1 amide bonds. The summed E-state index contributed by atoms with van der Waals surface area (Å²) in [5.41, 5.74) is 0.169. The average molecular weight is 431 g/mol. The van der Waals surface area contributed by atoms with Crippen LogP contribution in [-0.2, 0) is 17.9 Å². The molecule has 0 aliphatic heterocycles. The van der Waals surface area contributed by atoms with Gasteiger partial charge in [-0.3, -0.25) is 18.7 Å². The summed E-state index contributed by atoms with van der Waals surface area (Å²) < 4.78 is 8.15. The molecule has 5 aromatic rings. The first-order valence-corrected chi connectivity index (χ1v) is 10.5. The van der Waals surface area contributed by atoms with E-state index in [4.69, 9.17) is 4.42 Å². The predicted octanol–water partition coefficient (Wildman–Crippen LogP) is 3.66. The first-order chi connectivity index (χ1) is 15.1. The normalized spacial score (nSPS) is 11.2. The zero-order valence-corrected chi connectivity index (χ0v) is 17.1. The minimum atomic E-state index is -0.555. The molecule has 0 saturated carbocycles. The van der Waals surface area contributed by atoms with Gasteiger partial charge in [-0.05, 0) is 35.0 Å². The van der Waals surface area contributed by atoms with E-state index in [-0.39, 0.29) is 19.0 Å². The number of anilines is 1. The molecule has 0 atom stereocenters. The highest BCUT2D eigenvalue weighted by Gasteiger charge is 2.17. The Balaban J connectivity index is 1.52. The number of thiophene rings is 1. The number of hydrogen-bond acceptors (Lipinski definition) is 5. The summed E-state index contributed by atoms with van der Waals surface area (Å²) in [6, 6.07) is 18.5. The van der Waals surface area contributed by atoms with Crippen molar-refractivity contribution in [1.82, 2.24) is 9.13 Å². The van der Waals surface area contributed by atoms with Crippen LogP contribution in [-0.4, -0.2) is 15.0 Å². The molecule has 3 heterocycles. The number of hydrogen-bond donors (Lipinski definition) is 1. The highest BCUT2D eigenvalue weighted by molar-refractivity contribution is 7.17. The fourth-order valence-corrected chi connectivity index (χ4v) is 4.49. The highest BCUT2D eigenvalue weighted by atomic mass is 32.1.